The molecule has 1 aromatic carbocycles. The standard InChI is InChI=1S/C19H24ClN3O3S/c1-19(2,3)26-18(24)23-10-8-13(9-11-23)12-27(25)17-16(20)21-14-6-4-5-7-15(14)22-17/h4-7,13H,8-12H2,1-3H3. The zero-order valence-electron chi connectivity index (χ0n) is 15.8. The molecular weight excluding hydrogens is 386 g/mol. The van der Waals surface area contributed by atoms with E-state index in [1.165, 1.54) is 0 Å². The summed E-state index contributed by atoms with van der Waals surface area (Å²) in [5, 5.41) is 0.531. The number of rotatable bonds is 3. The molecule has 1 aliphatic rings. The third kappa shape index (κ3) is 5.17. The number of aromatic nitrogens is 2. The number of amides is 1. The Hall–Kier alpha value is -1.73. The number of hydrogen-bond donors (Lipinski definition) is 0. The molecule has 1 amide bonds. The zero-order valence-corrected chi connectivity index (χ0v) is 17.3. The quantitative estimate of drug-likeness (QED) is 0.764. The number of nitrogens with zero attached hydrogens (tertiary/aromatic N) is 3. The van der Waals surface area contributed by atoms with Crippen LogP contribution in [0.3, 0.4) is 0 Å². The maximum Gasteiger partial charge on any atom is 0.410 e. The van der Waals surface area contributed by atoms with Crippen molar-refractivity contribution in [1.29, 1.82) is 0 Å². The van der Waals surface area contributed by atoms with Crippen LogP contribution in [0.15, 0.2) is 29.3 Å². The number of benzene rings is 1. The molecule has 0 radical (unpaired) electrons. The molecule has 2 aromatic rings. The number of carbonyl (C=O) groups is 1. The molecule has 1 unspecified atom stereocenters. The van der Waals surface area contributed by atoms with Crippen LogP contribution in [-0.2, 0) is 15.5 Å². The number of halogens is 1. The van der Waals surface area contributed by atoms with Gasteiger partial charge in [-0.2, -0.15) is 0 Å². The molecule has 6 nitrogen and oxygen atoms in total. The molecule has 1 atom stereocenters. The van der Waals surface area contributed by atoms with Crippen molar-refractivity contribution in [2.75, 3.05) is 18.8 Å². The summed E-state index contributed by atoms with van der Waals surface area (Å²) in [4.78, 5) is 22.6. The van der Waals surface area contributed by atoms with E-state index in [1.54, 1.807) is 4.90 Å². The van der Waals surface area contributed by atoms with Gasteiger partial charge >= 0.3 is 6.09 Å². The van der Waals surface area contributed by atoms with Gasteiger partial charge in [-0.15, -0.1) is 0 Å². The van der Waals surface area contributed by atoms with Crippen LogP contribution in [-0.4, -0.2) is 49.6 Å². The Kier molecular flexibility index (Phi) is 6.01. The third-order valence-corrected chi connectivity index (χ3v) is 6.23. The Bertz CT molecular complexity index is 861. The number of fused-ring (bicyclic) bond motifs is 1. The predicted octanol–water partition coefficient (Wildman–Crippen LogP) is 4.04. The fourth-order valence-electron chi connectivity index (χ4n) is 3.01. The highest BCUT2D eigenvalue weighted by atomic mass is 35.5. The highest BCUT2D eigenvalue weighted by molar-refractivity contribution is 7.85. The van der Waals surface area contributed by atoms with Crippen molar-refractivity contribution in [3.63, 3.8) is 0 Å². The average Bonchev–Trinajstić information content (AvgIpc) is 2.60. The van der Waals surface area contributed by atoms with E-state index in [1.807, 2.05) is 45.0 Å². The fraction of sp³-hybridized carbons (Fsp3) is 0.526. The second-order valence-electron chi connectivity index (χ2n) is 7.73. The molecule has 27 heavy (non-hydrogen) atoms. The van der Waals surface area contributed by atoms with Gasteiger partial charge < -0.3 is 9.64 Å². The van der Waals surface area contributed by atoms with Gasteiger partial charge in [-0.05, 0) is 51.7 Å². The predicted molar refractivity (Wildman–Crippen MR) is 106 cm³/mol. The number of para-hydroxylation sites is 2. The van der Waals surface area contributed by atoms with Crippen molar-refractivity contribution >= 4 is 39.5 Å². The highest BCUT2D eigenvalue weighted by Gasteiger charge is 2.28. The van der Waals surface area contributed by atoms with Gasteiger partial charge in [0.1, 0.15) is 5.60 Å². The minimum atomic E-state index is -1.33. The SMILES string of the molecule is CC(C)(C)OC(=O)N1CCC(CS(=O)c2nc3ccccc3nc2Cl)CC1. The molecular formula is C19H24ClN3O3S. The van der Waals surface area contributed by atoms with Gasteiger partial charge in [0.25, 0.3) is 0 Å². The first kappa shape index (κ1) is 20.0. The Labute approximate surface area is 166 Å². The molecule has 0 saturated carbocycles. The molecule has 1 fully saturated rings. The van der Waals surface area contributed by atoms with Crippen LogP contribution in [0.1, 0.15) is 33.6 Å². The second-order valence-corrected chi connectivity index (χ2v) is 9.50. The Morgan fingerprint density at radius 1 is 1.22 bits per heavy atom. The highest BCUT2D eigenvalue weighted by Crippen LogP contribution is 2.25. The van der Waals surface area contributed by atoms with Crippen LogP contribution in [0.25, 0.3) is 11.0 Å². The van der Waals surface area contributed by atoms with Gasteiger partial charge in [0, 0.05) is 18.8 Å². The summed E-state index contributed by atoms with van der Waals surface area (Å²) < 4.78 is 18.2. The maximum absolute atomic E-state index is 12.8. The number of hydrogen-bond acceptors (Lipinski definition) is 5. The van der Waals surface area contributed by atoms with E-state index >= 15 is 0 Å². The summed E-state index contributed by atoms with van der Waals surface area (Å²) >= 11 is 6.21. The summed E-state index contributed by atoms with van der Waals surface area (Å²) in [6, 6.07) is 7.39. The molecule has 1 aromatic heterocycles. The molecule has 1 saturated heterocycles. The molecule has 2 heterocycles. The van der Waals surface area contributed by atoms with Crippen molar-refractivity contribution in [1.82, 2.24) is 14.9 Å². The van der Waals surface area contributed by atoms with E-state index in [-0.39, 0.29) is 17.2 Å². The molecule has 146 valence electrons. The van der Waals surface area contributed by atoms with Crippen LogP contribution in [0.5, 0.6) is 0 Å². The average molecular weight is 410 g/mol. The lowest BCUT2D eigenvalue weighted by atomic mass is 9.99. The lowest BCUT2D eigenvalue weighted by Gasteiger charge is -2.33. The monoisotopic (exact) mass is 409 g/mol. The topological polar surface area (TPSA) is 72.4 Å². The van der Waals surface area contributed by atoms with E-state index in [0.29, 0.717) is 34.9 Å². The van der Waals surface area contributed by atoms with Crippen LogP contribution in [0, 0.1) is 5.92 Å². The van der Waals surface area contributed by atoms with Crippen molar-refractivity contribution in [3.05, 3.63) is 29.4 Å². The summed E-state index contributed by atoms with van der Waals surface area (Å²) in [6.07, 6.45) is 1.28. The normalized spacial score (nSPS) is 17.1. The largest absolute Gasteiger partial charge is 0.444 e. The fourth-order valence-corrected chi connectivity index (χ4v) is 4.75. The first-order valence-electron chi connectivity index (χ1n) is 9.01. The lowest BCUT2D eigenvalue weighted by Crippen LogP contribution is -2.42. The van der Waals surface area contributed by atoms with Gasteiger partial charge in [-0.3, -0.25) is 4.21 Å². The smallest absolute Gasteiger partial charge is 0.410 e. The molecule has 0 N–H and O–H groups in total. The van der Waals surface area contributed by atoms with Crippen molar-refractivity contribution in [3.8, 4) is 0 Å². The lowest BCUT2D eigenvalue weighted by molar-refractivity contribution is 0.0191. The molecule has 0 bridgehead atoms. The van der Waals surface area contributed by atoms with Gasteiger partial charge in [-0.25, -0.2) is 14.8 Å². The van der Waals surface area contributed by atoms with E-state index in [9.17, 15) is 9.00 Å². The van der Waals surface area contributed by atoms with Crippen LogP contribution < -0.4 is 0 Å². The number of likely N-dealkylation sites (tertiary alicyclic amines) is 1. The molecule has 0 spiro atoms. The Balaban J connectivity index is 1.60. The van der Waals surface area contributed by atoms with Crippen LogP contribution >= 0.6 is 11.6 Å². The summed E-state index contributed by atoms with van der Waals surface area (Å²) in [7, 11) is -1.33. The summed E-state index contributed by atoms with van der Waals surface area (Å²) in [5.41, 5.74) is 0.875. The van der Waals surface area contributed by atoms with E-state index in [2.05, 4.69) is 9.97 Å². The second kappa shape index (κ2) is 8.10. The summed E-state index contributed by atoms with van der Waals surface area (Å²) in [5.74, 6) is 0.711. The van der Waals surface area contributed by atoms with E-state index < -0.39 is 16.4 Å². The van der Waals surface area contributed by atoms with E-state index in [0.717, 1.165) is 12.8 Å². The van der Waals surface area contributed by atoms with E-state index in [4.69, 9.17) is 16.3 Å². The number of ether oxygens (including phenoxy) is 1. The number of piperidine rings is 1. The van der Waals surface area contributed by atoms with Gasteiger partial charge in [-0.1, -0.05) is 23.7 Å². The molecule has 0 aliphatic carbocycles. The van der Waals surface area contributed by atoms with Crippen LogP contribution in [0.4, 0.5) is 4.79 Å². The minimum Gasteiger partial charge on any atom is -0.444 e. The Morgan fingerprint density at radius 2 is 1.81 bits per heavy atom. The van der Waals surface area contributed by atoms with Gasteiger partial charge in [0.05, 0.1) is 21.8 Å². The minimum absolute atomic E-state index is 0.193. The zero-order chi connectivity index (χ0) is 19.6. The molecule has 8 heteroatoms. The van der Waals surface area contributed by atoms with Gasteiger partial charge in [0.2, 0.25) is 0 Å². The number of carbonyl (C=O) groups excluding carboxylic acids is 1. The maximum atomic E-state index is 12.8. The molecule has 1 aliphatic heterocycles. The first-order valence-corrected chi connectivity index (χ1v) is 10.7. The van der Waals surface area contributed by atoms with Crippen LogP contribution in [0.2, 0.25) is 5.15 Å². The summed E-state index contributed by atoms with van der Waals surface area (Å²) in [6.45, 7) is 6.78. The van der Waals surface area contributed by atoms with Crippen molar-refractivity contribution < 1.29 is 13.7 Å². The third-order valence-electron chi connectivity index (χ3n) is 4.37. The van der Waals surface area contributed by atoms with Gasteiger partial charge in [0.15, 0.2) is 10.2 Å². The molecule has 3 rings (SSSR count). The first-order chi connectivity index (χ1) is 12.7. The van der Waals surface area contributed by atoms with Crippen molar-refractivity contribution in [2.45, 2.75) is 44.2 Å². The van der Waals surface area contributed by atoms with Crippen molar-refractivity contribution in [2.24, 2.45) is 5.92 Å². The Morgan fingerprint density at radius 3 is 2.41 bits per heavy atom.